The topological polar surface area (TPSA) is 123 Å². The molecule has 0 aliphatic heterocycles. The minimum atomic E-state index is -3.82. The van der Waals surface area contributed by atoms with E-state index in [2.05, 4.69) is 25.2 Å². The molecule has 0 unspecified atom stereocenters. The van der Waals surface area contributed by atoms with E-state index >= 15 is 0 Å². The highest BCUT2D eigenvalue weighted by molar-refractivity contribution is 7.92. The molecule has 186 valence electrons. The number of aromatic nitrogens is 3. The molecule has 5 aromatic rings. The predicted molar refractivity (Wildman–Crippen MR) is 147 cm³/mol. The highest BCUT2D eigenvalue weighted by Gasteiger charge is 2.17. The Labute approximate surface area is 219 Å². The van der Waals surface area contributed by atoms with E-state index in [1.807, 2.05) is 42.5 Å². The number of hydrogen-bond donors (Lipinski definition) is 3. The molecule has 2 heterocycles. The van der Waals surface area contributed by atoms with Crippen molar-refractivity contribution in [1.29, 1.82) is 0 Å². The molecule has 5 rings (SSSR count). The van der Waals surface area contributed by atoms with Crippen molar-refractivity contribution in [2.24, 2.45) is 5.73 Å². The summed E-state index contributed by atoms with van der Waals surface area (Å²) >= 11 is 6.24. The van der Waals surface area contributed by atoms with Crippen LogP contribution in [0.15, 0.2) is 96.2 Å². The fraction of sp³-hybridized carbons (Fsp3) is 0.0741. The number of sulfonamides is 1. The smallest absolute Gasteiger partial charge is 0.261 e. The van der Waals surface area contributed by atoms with Crippen LogP contribution in [0.1, 0.15) is 11.1 Å². The van der Waals surface area contributed by atoms with Gasteiger partial charge in [-0.1, -0.05) is 60.1 Å². The lowest BCUT2D eigenvalue weighted by molar-refractivity contribution is 0.601. The van der Waals surface area contributed by atoms with E-state index < -0.39 is 10.0 Å². The normalized spacial score (nSPS) is 11.4. The average Bonchev–Trinajstić information content (AvgIpc) is 2.93. The third-order valence-corrected chi connectivity index (χ3v) is 7.53. The number of halogens is 1. The van der Waals surface area contributed by atoms with E-state index in [1.165, 1.54) is 12.1 Å². The van der Waals surface area contributed by atoms with Crippen molar-refractivity contribution in [2.75, 3.05) is 10.0 Å². The number of pyridine rings is 1. The van der Waals surface area contributed by atoms with Gasteiger partial charge in [0.05, 0.1) is 28.0 Å². The molecule has 0 aliphatic rings. The van der Waals surface area contributed by atoms with Crippen molar-refractivity contribution in [3.05, 3.63) is 108 Å². The fourth-order valence-corrected chi connectivity index (χ4v) is 5.13. The quantitative estimate of drug-likeness (QED) is 0.235. The Balaban J connectivity index is 1.44. The van der Waals surface area contributed by atoms with Crippen LogP contribution in [0.2, 0.25) is 5.15 Å². The van der Waals surface area contributed by atoms with E-state index in [0.29, 0.717) is 18.7 Å². The number of nitrogens with two attached hydrogens (primary N) is 1. The summed E-state index contributed by atoms with van der Waals surface area (Å²) in [6, 6.07) is 23.5. The molecule has 3 aromatic carbocycles. The standard InChI is InChI=1S/C27H23ClN6O2S/c28-27-25(34-37(35,36)22-4-2-1-3-5-22)13-21(16-31-27)20-10-11-24-23(12-20)26(17-32-33-24)30-15-19-8-6-18(14-29)7-9-19/h1-13,16-17,34H,14-15,29H2,(H,30,33). The van der Waals surface area contributed by atoms with Gasteiger partial charge in [0.2, 0.25) is 0 Å². The Bertz CT molecular complexity index is 1660. The van der Waals surface area contributed by atoms with Crippen molar-refractivity contribution in [3.8, 4) is 11.1 Å². The average molecular weight is 531 g/mol. The summed E-state index contributed by atoms with van der Waals surface area (Å²) < 4.78 is 28.2. The second kappa shape index (κ2) is 10.5. The van der Waals surface area contributed by atoms with E-state index in [0.717, 1.165) is 33.3 Å². The van der Waals surface area contributed by atoms with Crippen LogP contribution in [-0.2, 0) is 23.1 Å². The zero-order valence-electron chi connectivity index (χ0n) is 19.6. The highest BCUT2D eigenvalue weighted by Crippen LogP contribution is 2.31. The lowest BCUT2D eigenvalue weighted by atomic mass is 10.0. The van der Waals surface area contributed by atoms with Crippen molar-refractivity contribution < 1.29 is 8.42 Å². The number of nitrogens with one attached hydrogen (secondary N) is 2. The van der Waals surface area contributed by atoms with Crippen LogP contribution in [-0.4, -0.2) is 23.6 Å². The van der Waals surface area contributed by atoms with Crippen molar-refractivity contribution in [1.82, 2.24) is 15.2 Å². The number of benzene rings is 3. The number of nitrogens with zero attached hydrogens (tertiary/aromatic N) is 3. The largest absolute Gasteiger partial charge is 0.379 e. The number of fused-ring (bicyclic) bond motifs is 1. The first-order chi connectivity index (χ1) is 17.9. The van der Waals surface area contributed by atoms with Gasteiger partial charge in [-0.2, -0.15) is 10.2 Å². The lowest BCUT2D eigenvalue weighted by Gasteiger charge is -2.12. The van der Waals surface area contributed by atoms with E-state index in [-0.39, 0.29) is 15.7 Å². The molecule has 0 atom stereocenters. The summed E-state index contributed by atoms with van der Waals surface area (Å²) in [5.41, 5.74) is 11.1. The van der Waals surface area contributed by atoms with Crippen molar-refractivity contribution >= 4 is 43.9 Å². The molecule has 0 aliphatic carbocycles. The second-order valence-corrected chi connectivity index (χ2v) is 10.4. The molecule has 0 bridgehead atoms. The van der Waals surface area contributed by atoms with E-state index in [1.54, 1.807) is 36.7 Å². The van der Waals surface area contributed by atoms with Crippen molar-refractivity contribution in [3.63, 3.8) is 0 Å². The maximum Gasteiger partial charge on any atom is 0.261 e. The first-order valence-corrected chi connectivity index (χ1v) is 13.3. The zero-order chi connectivity index (χ0) is 25.8. The van der Waals surface area contributed by atoms with Gasteiger partial charge in [-0.15, -0.1) is 0 Å². The number of hydrogen-bond acceptors (Lipinski definition) is 7. The Morgan fingerprint density at radius 2 is 1.59 bits per heavy atom. The zero-order valence-corrected chi connectivity index (χ0v) is 21.2. The third kappa shape index (κ3) is 5.54. The summed E-state index contributed by atoms with van der Waals surface area (Å²) in [4.78, 5) is 4.35. The molecule has 37 heavy (non-hydrogen) atoms. The van der Waals surface area contributed by atoms with Crippen molar-refractivity contribution in [2.45, 2.75) is 18.0 Å². The van der Waals surface area contributed by atoms with Gasteiger partial charge in [0.1, 0.15) is 0 Å². The Kier molecular flexibility index (Phi) is 7.00. The van der Waals surface area contributed by atoms with Gasteiger partial charge in [0.15, 0.2) is 5.15 Å². The molecule has 0 saturated carbocycles. The van der Waals surface area contributed by atoms with Crippen LogP contribution in [0.3, 0.4) is 0 Å². The molecule has 2 aromatic heterocycles. The maximum atomic E-state index is 12.8. The molecule has 0 fully saturated rings. The van der Waals surface area contributed by atoms with Crippen LogP contribution >= 0.6 is 11.6 Å². The fourth-order valence-electron chi connectivity index (χ4n) is 3.85. The lowest BCUT2D eigenvalue weighted by Crippen LogP contribution is -2.13. The third-order valence-electron chi connectivity index (χ3n) is 5.85. The van der Waals surface area contributed by atoms with Gasteiger partial charge in [-0.3, -0.25) is 4.72 Å². The minimum Gasteiger partial charge on any atom is -0.379 e. The summed E-state index contributed by atoms with van der Waals surface area (Å²) in [6.07, 6.45) is 3.28. The highest BCUT2D eigenvalue weighted by atomic mass is 35.5. The summed E-state index contributed by atoms with van der Waals surface area (Å²) in [7, 11) is -3.82. The molecule has 10 heteroatoms. The molecule has 8 nitrogen and oxygen atoms in total. The van der Waals surface area contributed by atoms with Crippen LogP contribution in [0.5, 0.6) is 0 Å². The van der Waals surface area contributed by atoms with Gasteiger partial charge in [0, 0.05) is 30.2 Å². The monoisotopic (exact) mass is 530 g/mol. The summed E-state index contributed by atoms with van der Waals surface area (Å²) in [6.45, 7) is 1.11. The molecule has 4 N–H and O–H groups in total. The molecule has 0 spiro atoms. The van der Waals surface area contributed by atoms with Crippen LogP contribution in [0.25, 0.3) is 22.0 Å². The SMILES string of the molecule is NCc1ccc(CNc2cnnc3ccc(-c4cnc(Cl)c(NS(=O)(=O)c5ccccc5)c4)cc23)cc1. The summed E-state index contributed by atoms with van der Waals surface area (Å²) in [5.74, 6) is 0. The van der Waals surface area contributed by atoms with Crippen LogP contribution < -0.4 is 15.8 Å². The van der Waals surface area contributed by atoms with Gasteiger partial charge < -0.3 is 11.1 Å². The molecule has 0 radical (unpaired) electrons. The van der Waals surface area contributed by atoms with Crippen LogP contribution in [0.4, 0.5) is 11.4 Å². The summed E-state index contributed by atoms with van der Waals surface area (Å²) in [5, 5.41) is 12.7. The second-order valence-electron chi connectivity index (χ2n) is 8.35. The molecular weight excluding hydrogens is 508 g/mol. The number of rotatable bonds is 8. The minimum absolute atomic E-state index is 0.0536. The number of anilines is 2. The molecular formula is C27H23ClN6O2S. The maximum absolute atomic E-state index is 12.8. The van der Waals surface area contributed by atoms with E-state index in [9.17, 15) is 8.42 Å². The van der Waals surface area contributed by atoms with E-state index in [4.69, 9.17) is 17.3 Å². The first-order valence-electron chi connectivity index (χ1n) is 11.4. The first kappa shape index (κ1) is 24.6. The Hall–Kier alpha value is -4.05. The Morgan fingerprint density at radius 1 is 0.838 bits per heavy atom. The predicted octanol–water partition coefficient (Wildman–Crippen LogP) is 5.22. The van der Waals surface area contributed by atoms with Crippen LogP contribution in [0, 0.1) is 0 Å². The van der Waals surface area contributed by atoms with Gasteiger partial charge in [-0.25, -0.2) is 13.4 Å². The molecule has 0 amide bonds. The van der Waals surface area contributed by atoms with Gasteiger partial charge in [-0.05, 0) is 47.0 Å². The molecule has 0 saturated heterocycles. The van der Waals surface area contributed by atoms with Gasteiger partial charge >= 0.3 is 0 Å². The van der Waals surface area contributed by atoms with Gasteiger partial charge in [0.25, 0.3) is 10.0 Å². The Morgan fingerprint density at radius 3 is 2.35 bits per heavy atom.